The highest BCUT2D eigenvalue weighted by molar-refractivity contribution is 6.06. The molecular formula is C19H21N3O2. The second-order valence-electron chi connectivity index (χ2n) is 6.45. The maximum atomic E-state index is 13.0. The van der Waals surface area contributed by atoms with Crippen LogP contribution in [0.4, 0.5) is 0 Å². The van der Waals surface area contributed by atoms with E-state index >= 15 is 0 Å². The summed E-state index contributed by atoms with van der Waals surface area (Å²) in [7, 11) is 1.82. The summed E-state index contributed by atoms with van der Waals surface area (Å²) in [5.41, 5.74) is 3.31. The second-order valence-corrected chi connectivity index (χ2v) is 6.45. The summed E-state index contributed by atoms with van der Waals surface area (Å²) in [6, 6.07) is 11.6. The molecule has 0 aliphatic rings. The lowest BCUT2D eigenvalue weighted by Crippen LogP contribution is -2.30. The SMILES string of the molecule is Cc1noc2nc(-c3ccccc3)cc(C(=O)N(C)CC(C)C)c12. The van der Waals surface area contributed by atoms with E-state index in [1.165, 1.54) is 0 Å². The normalized spacial score (nSPS) is 11.2. The first-order valence-electron chi connectivity index (χ1n) is 8.05. The molecule has 24 heavy (non-hydrogen) atoms. The quantitative estimate of drug-likeness (QED) is 0.730. The van der Waals surface area contributed by atoms with Crippen LogP contribution in [0.2, 0.25) is 0 Å². The summed E-state index contributed by atoms with van der Waals surface area (Å²) < 4.78 is 5.33. The number of amides is 1. The minimum Gasteiger partial charge on any atom is -0.341 e. The highest BCUT2D eigenvalue weighted by atomic mass is 16.5. The Kier molecular flexibility index (Phi) is 4.34. The van der Waals surface area contributed by atoms with Crippen molar-refractivity contribution in [2.75, 3.05) is 13.6 Å². The molecule has 5 heteroatoms. The molecule has 2 heterocycles. The van der Waals surface area contributed by atoms with Gasteiger partial charge in [0.2, 0.25) is 0 Å². The van der Waals surface area contributed by atoms with Crippen LogP contribution in [-0.4, -0.2) is 34.5 Å². The molecule has 0 fully saturated rings. The largest absolute Gasteiger partial charge is 0.341 e. The van der Waals surface area contributed by atoms with Crippen molar-refractivity contribution in [3.63, 3.8) is 0 Å². The van der Waals surface area contributed by atoms with Crippen LogP contribution < -0.4 is 0 Å². The molecule has 0 spiro atoms. The van der Waals surface area contributed by atoms with Crippen LogP contribution in [0.15, 0.2) is 40.9 Å². The standard InChI is InChI=1S/C19H21N3O2/c1-12(2)11-22(4)19(23)15-10-16(14-8-6-5-7-9-14)20-18-17(15)13(3)21-24-18/h5-10,12H,11H2,1-4H3. The molecule has 0 radical (unpaired) electrons. The Balaban J connectivity index is 2.14. The number of benzene rings is 1. The van der Waals surface area contributed by atoms with Crippen LogP contribution in [0.1, 0.15) is 29.9 Å². The minimum absolute atomic E-state index is 0.0421. The number of fused-ring (bicyclic) bond motifs is 1. The molecule has 0 atom stereocenters. The predicted octanol–water partition coefficient (Wildman–Crippen LogP) is 3.93. The van der Waals surface area contributed by atoms with E-state index in [4.69, 9.17) is 4.52 Å². The second kappa shape index (κ2) is 6.43. The van der Waals surface area contributed by atoms with Gasteiger partial charge < -0.3 is 9.42 Å². The van der Waals surface area contributed by atoms with Crippen molar-refractivity contribution < 1.29 is 9.32 Å². The first kappa shape index (κ1) is 16.2. The van der Waals surface area contributed by atoms with Gasteiger partial charge in [-0.1, -0.05) is 49.3 Å². The lowest BCUT2D eigenvalue weighted by Gasteiger charge is -2.20. The number of aryl methyl sites for hydroxylation is 1. The van der Waals surface area contributed by atoms with Crippen molar-refractivity contribution in [1.82, 2.24) is 15.0 Å². The number of carbonyl (C=O) groups is 1. The van der Waals surface area contributed by atoms with E-state index in [1.54, 1.807) is 4.90 Å². The van der Waals surface area contributed by atoms with E-state index in [1.807, 2.05) is 50.4 Å². The monoisotopic (exact) mass is 323 g/mol. The Morgan fingerprint density at radius 2 is 1.96 bits per heavy atom. The number of carbonyl (C=O) groups excluding carboxylic acids is 1. The van der Waals surface area contributed by atoms with Gasteiger partial charge in [-0.25, -0.2) is 4.98 Å². The molecular weight excluding hydrogens is 302 g/mol. The van der Waals surface area contributed by atoms with E-state index in [0.717, 1.165) is 5.56 Å². The van der Waals surface area contributed by atoms with Crippen molar-refractivity contribution >= 4 is 17.0 Å². The van der Waals surface area contributed by atoms with Crippen LogP contribution >= 0.6 is 0 Å². The zero-order valence-electron chi connectivity index (χ0n) is 14.4. The Hall–Kier alpha value is -2.69. The average molecular weight is 323 g/mol. The van der Waals surface area contributed by atoms with Crippen molar-refractivity contribution in [3.05, 3.63) is 47.7 Å². The van der Waals surface area contributed by atoms with Crippen molar-refractivity contribution in [2.24, 2.45) is 5.92 Å². The van der Waals surface area contributed by atoms with E-state index < -0.39 is 0 Å². The molecule has 0 saturated heterocycles. The third-order valence-corrected chi connectivity index (χ3v) is 3.90. The van der Waals surface area contributed by atoms with Gasteiger partial charge in [0, 0.05) is 19.2 Å². The lowest BCUT2D eigenvalue weighted by atomic mass is 10.0. The minimum atomic E-state index is -0.0421. The van der Waals surface area contributed by atoms with Gasteiger partial charge in [0.15, 0.2) is 0 Å². The van der Waals surface area contributed by atoms with E-state index in [2.05, 4.69) is 24.0 Å². The van der Waals surface area contributed by atoms with Crippen LogP contribution in [0.25, 0.3) is 22.4 Å². The molecule has 1 aromatic carbocycles. The molecule has 0 unspecified atom stereocenters. The number of rotatable bonds is 4. The number of pyridine rings is 1. The molecule has 3 aromatic rings. The fraction of sp³-hybridized carbons (Fsp3) is 0.316. The smallest absolute Gasteiger partial charge is 0.259 e. The molecule has 0 aliphatic heterocycles. The highest BCUT2D eigenvalue weighted by Crippen LogP contribution is 2.27. The molecule has 1 amide bonds. The van der Waals surface area contributed by atoms with Gasteiger partial charge in [-0.3, -0.25) is 4.79 Å². The van der Waals surface area contributed by atoms with Gasteiger partial charge in [-0.2, -0.15) is 0 Å². The zero-order chi connectivity index (χ0) is 17.3. The summed E-state index contributed by atoms with van der Waals surface area (Å²) in [5.74, 6) is 0.355. The molecule has 0 saturated carbocycles. The van der Waals surface area contributed by atoms with E-state index in [9.17, 15) is 4.79 Å². The van der Waals surface area contributed by atoms with Gasteiger partial charge in [-0.15, -0.1) is 0 Å². The molecule has 3 rings (SSSR count). The topological polar surface area (TPSA) is 59.2 Å². The van der Waals surface area contributed by atoms with Crippen LogP contribution in [-0.2, 0) is 0 Å². The summed E-state index contributed by atoms with van der Waals surface area (Å²) in [4.78, 5) is 19.2. The Bertz CT molecular complexity index is 869. The molecule has 124 valence electrons. The van der Waals surface area contributed by atoms with Gasteiger partial charge >= 0.3 is 0 Å². The zero-order valence-corrected chi connectivity index (χ0v) is 14.4. The molecule has 0 aliphatic carbocycles. The fourth-order valence-electron chi connectivity index (χ4n) is 2.86. The van der Waals surface area contributed by atoms with Crippen LogP contribution in [0.3, 0.4) is 0 Å². The van der Waals surface area contributed by atoms with Crippen molar-refractivity contribution in [2.45, 2.75) is 20.8 Å². The number of aromatic nitrogens is 2. The van der Waals surface area contributed by atoms with Crippen LogP contribution in [0.5, 0.6) is 0 Å². The third-order valence-electron chi connectivity index (χ3n) is 3.90. The number of hydrogen-bond acceptors (Lipinski definition) is 4. The maximum absolute atomic E-state index is 13.0. The maximum Gasteiger partial charge on any atom is 0.259 e. The highest BCUT2D eigenvalue weighted by Gasteiger charge is 2.22. The van der Waals surface area contributed by atoms with Gasteiger partial charge in [0.1, 0.15) is 0 Å². The number of nitrogens with zero attached hydrogens (tertiary/aromatic N) is 3. The van der Waals surface area contributed by atoms with Crippen molar-refractivity contribution in [3.8, 4) is 11.3 Å². The molecule has 0 bridgehead atoms. The summed E-state index contributed by atoms with van der Waals surface area (Å²) in [6.07, 6.45) is 0. The van der Waals surface area contributed by atoms with Gasteiger partial charge in [0.05, 0.1) is 22.3 Å². The predicted molar refractivity (Wildman–Crippen MR) is 93.8 cm³/mol. The summed E-state index contributed by atoms with van der Waals surface area (Å²) in [6.45, 7) is 6.69. The molecule has 2 aromatic heterocycles. The fourth-order valence-corrected chi connectivity index (χ4v) is 2.86. The Morgan fingerprint density at radius 3 is 2.62 bits per heavy atom. The summed E-state index contributed by atoms with van der Waals surface area (Å²) in [5, 5.41) is 4.68. The lowest BCUT2D eigenvalue weighted by molar-refractivity contribution is 0.0781. The molecule has 0 N–H and O–H groups in total. The van der Waals surface area contributed by atoms with Crippen LogP contribution in [0, 0.1) is 12.8 Å². The first-order valence-corrected chi connectivity index (χ1v) is 8.05. The van der Waals surface area contributed by atoms with Gasteiger partial charge in [-0.05, 0) is 18.9 Å². The third kappa shape index (κ3) is 3.02. The van der Waals surface area contributed by atoms with E-state index in [0.29, 0.717) is 40.5 Å². The number of hydrogen-bond donors (Lipinski definition) is 0. The molecule has 5 nitrogen and oxygen atoms in total. The van der Waals surface area contributed by atoms with Crippen molar-refractivity contribution in [1.29, 1.82) is 0 Å². The van der Waals surface area contributed by atoms with E-state index in [-0.39, 0.29) is 5.91 Å². The first-order chi connectivity index (χ1) is 11.5. The average Bonchev–Trinajstić information content (AvgIpc) is 2.95. The Morgan fingerprint density at radius 1 is 1.25 bits per heavy atom. The summed E-state index contributed by atoms with van der Waals surface area (Å²) >= 11 is 0. The van der Waals surface area contributed by atoms with Gasteiger partial charge in [0.25, 0.3) is 11.6 Å². The Labute approximate surface area is 141 Å².